The Morgan fingerprint density at radius 3 is 2.57 bits per heavy atom. The van der Waals surface area contributed by atoms with Crippen LogP contribution in [0.2, 0.25) is 0 Å². The SMILES string of the molecule is O=C(O)c1ccc([N+](=O)[O-])c(F)c1P. The number of rotatable bonds is 2. The number of carbonyl (C=O) groups is 1. The van der Waals surface area contributed by atoms with E-state index in [1.54, 1.807) is 0 Å². The quantitative estimate of drug-likeness (QED) is 0.454. The molecule has 0 heterocycles. The molecule has 0 amide bonds. The van der Waals surface area contributed by atoms with Crippen molar-refractivity contribution in [1.82, 2.24) is 0 Å². The van der Waals surface area contributed by atoms with Crippen molar-refractivity contribution in [3.8, 4) is 0 Å². The van der Waals surface area contributed by atoms with E-state index in [1.165, 1.54) is 0 Å². The molecule has 1 N–H and O–H groups in total. The molecule has 0 aromatic heterocycles. The molecule has 14 heavy (non-hydrogen) atoms. The normalized spacial score (nSPS) is 9.86. The van der Waals surface area contributed by atoms with Gasteiger partial charge in [0.25, 0.3) is 0 Å². The molecule has 1 unspecified atom stereocenters. The number of hydrogen-bond acceptors (Lipinski definition) is 3. The van der Waals surface area contributed by atoms with Crippen LogP contribution in [0.25, 0.3) is 0 Å². The zero-order valence-corrected chi connectivity index (χ0v) is 7.88. The van der Waals surface area contributed by atoms with Gasteiger partial charge in [-0.15, -0.1) is 9.24 Å². The van der Waals surface area contributed by atoms with Crippen molar-refractivity contribution in [2.45, 2.75) is 0 Å². The van der Waals surface area contributed by atoms with Gasteiger partial charge in [0.05, 0.1) is 10.5 Å². The van der Waals surface area contributed by atoms with E-state index in [-0.39, 0.29) is 10.9 Å². The number of aromatic carboxylic acids is 1. The average Bonchev–Trinajstić information content (AvgIpc) is 2.08. The van der Waals surface area contributed by atoms with Gasteiger partial charge >= 0.3 is 11.7 Å². The number of hydrogen-bond donors (Lipinski definition) is 1. The standard InChI is InChI=1S/C7H5FNO4P/c8-5-4(9(12)13)2-1-3(6(5)14)7(10)11/h1-2H,14H2,(H,10,11). The minimum atomic E-state index is -1.33. The molecule has 1 aromatic rings. The van der Waals surface area contributed by atoms with Crippen LogP contribution in [0.15, 0.2) is 12.1 Å². The summed E-state index contributed by atoms with van der Waals surface area (Å²) in [5, 5.41) is 18.5. The molecule has 0 bridgehead atoms. The van der Waals surface area contributed by atoms with Gasteiger partial charge in [0.1, 0.15) is 0 Å². The highest BCUT2D eigenvalue weighted by Crippen LogP contribution is 2.18. The smallest absolute Gasteiger partial charge is 0.336 e. The highest BCUT2D eigenvalue weighted by Gasteiger charge is 2.20. The van der Waals surface area contributed by atoms with E-state index in [2.05, 4.69) is 0 Å². The monoisotopic (exact) mass is 217 g/mol. The molecule has 5 nitrogen and oxygen atoms in total. The molecule has 0 radical (unpaired) electrons. The van der Waals surface area contributed by atoms with Gasteiger partial charge in [0, 0.05) is 11.4 Å². The second-order valence-electron chi connectivity index (χ2n) is 2.42. The Hall–Kier alpha value is -1.55. The van der Waals surface area contributed by atoms with Crippen molar-refractivity contribution < 1.29 is 19.2 Å². The van der Waals surface area contributed by atoms with Gasteiger partial charge in [0.15, 0.2) is 0 Å². The Labute approximate surface area is 79.9 Å². The van der Waals surface area contributed by atoms with E-state index < -0.39 is 22.4 Å². The fourth-order valence-electron chi connectivity index (χ4n) is 0.909. The fraction of sp³-hybridized carbons (Fsp3) is 0. The maximum atomic E-state index is 13.1. The topological polar surface area (TPSA) is 80.4 Å². The third-order valence-electron chi connectivity index (χ3n) is 1.59. The summed E-state index contributed by atoms with van der Waals surface area (Å²) in [6.07, 6.45) is 0. The van der Waals surface area contributed by atoms with Crippen LogP contribution >= 0.6 is 9.24 Å². The summed E-state index contributed by atoms with van der Waals surface area (Å²) in [7, 11) is 1.83. The van der Waals surface area contributed by atoms with Crippen molar-refractivity contribution in [3.63, 3.8) is 0 Å². The summed E-state index contributed by atoms with van der Waals surface area (Å²) in [6.45, 7) is 0. The lowest BCUT2D eigenvalue weighted by Crippen LogP contribution is -2.14. The lowest BCUT2D eigenvalue weighted by atomic mass is 10.2. The first-order valence-electron chi connectivity index (χ1n) is 3.40. The zero-order chi connectivity index (χ0) is 10.9. The van der Waals surface area contributed by atoms with Crippen LogP contribution in [-0.2, 0) is 0 Å². The van der Waals surface area contributed by atoms with E-state index in [9.17, 15) is 19.3 Å². The van der Waals surface area contributed by atoms with Crippen LogP contribution in [0.3, 0.4) is 0 Å². The number of nitro benzene ring substituents is 1. The highest BCUT2D eigenvalue weighted by atomic mass is 31.0. The molecule has 0 saturated carbocycles. The molecule has 0 aliphatic heterocycles. The van der Waals surface area contributed by atoms with Gasteiger partial charge in [-0.3, -0.25) is 10.1 Å². The van der Waals surface area contributed by atoms with Gasteiger partial charge in [-0.05, 0) is 6.07 Å². The van der Waals surface area contributed by atoms with Crippen molar-refractivity contribution in [2.24, 2.45) is 0 Å². The molecule has 7 heteroatoms. The second kappa shape index (κ2) is 3.67. The average molecular weight is 217 g/mol. The number of nitro groups is 1. The molecule has 0 spiro atoms. The molecule has 1 atom stereocenters. The minimum absolute atomic E-state index is 0.307. The number of nitrogens with zero attached hydrogens (tertiary/aromatic N) is 1. The van der Waals surface area contributed by atoms with Crippen molar-refractivity contribution in [1.29, 1.82) is 0 Å². The lowest BCUT2D eigenvalue weighted by Gasteiger charge is -2.01. The number of carboxylic acid groups (broad SMARTS) is 1. The molecule has 0 saturated heterocycles. The Balaban J connectivity index is 3.41. The maximum absolute atomic E-state index is 13.1. The fourth-order valence-corrected chi connectivity index (χ4v) is 1.28. The second-order valence-corrected chi connectivity index (χ2v) is 3.00. The summed E-state index contributed by atoms with van der Waals surface area (Å²) < 4.78 is 13.1. The molecule has 0 aliphatic carbocycles. The summed E-state index contributed by atoms with van der Waals surface area (Å²) in [4.78, 5) is 19.9. The molecule has 74 valence electrons. The first-order chi connectivity index (χ1) is 6.45. The van der Waals surface area contributed by atoms with E-state index in [0.717, 1.165) is 12.1 Å². The van der Waals surface area contributed by atoms with Crippen LogP contribution in [0.5, 0.6) is 0 Å². The van der Waals surface area contributed by atoms with E-state index >= 15 is 0 Å². The largest absolute Gasteiger partial charge is 0.478 e. The molecule has 0 fully saturated rings. The van der Waals surface area contributed by atoms with E-state index in [0.29, 0.717) is 0 Å². The van der Waals surface area contributed by atoms with Gasteiger partial charge in [-0.1, -0.05) is 0 Å². The molecular formula is C7H5FNO4P. The van der Waals surface area contributed by atoms with Crippen molar-refractivity contribution >= 4 is 26.2 Å². The summed E-state index contributed by atoms with van der Waals surface area (Å²) in [6, 6.07) is 1.82. The van der Waals surface area contributed by atoms with Crippen LogP contribution in [-0.4, -0.2) is 16.0 Å². The zero-order valence-electron chi connectivity index (χ0n) is 6.73. The summed E-state index contributed by atoms with van der Waals surface area (Å²) >= 11 is 0. The van der Waals surface area contributed by atoms with Gasteiger partial charge in [-0.25, -0.2) is 4.79 Å². The van der Waals surface area contributed by atoms with Crippen molar-refractivity contribution in [3.05, 3.63) is 33.6 Å². The van der Waals surface area contributed by atoms with Crippen LogP contribution < -0.4 is 5.30 Å². The molecule has 1 rings (SSSR count). The Bertz CT molecular complexity index is 381. The van der Waals surface area contributed by atoms with Crippen LogP contribution in [0.1, 0.15) is 10.4 Å². The van der Waals surface area contributed by atoms with E-state index in [1.807, 2.05) is 9.24 Å². The molecule has 0 aliphatic rings. The first kappa shape index (κ1) is 10.5. The predicted molar refractivity (Wildman–Crippen MR) is 49.4 cm³/mol. The Morgan fingerprint density at radius 2 is 2.14 bits per heavy atom. The van der Waals surface area contributed by atoms with Gasteiger partial charge in [-0.2, -0.15) is 4.39 Å². The number of halogens is 1. The molecular weight excluding hydrogens is 212 g/mol. The Kier molecular flexibility index (Phi) is 2.76. The minimum Gasteiger partial charge on any atom is -0.478 e. The number of carboxylic acids is 1. The van der Waals surface area contributed by atoms with Crippen LogP contribution in [0.4, 0.5) is 10.1 Å². The first-order valence-corrected chi connectivity index (χ1v) is 3.98. The van der Waals surface area contributed by atoms with Gasteiger partial charge < -0.3 is 5.11 Å². The number of benzene rings is 1. The lowest BCUT2D eigenvalue weighted by molar-refractivity contribution is -0.387. The summed E-state index contributed by atoms with van der Waals surface area (Å²) in [5.74, 6) is -2.47. The predicted octanol–water partition coefficient (Wildman–Crippen LogP) is 0.932. The van der Waals surface area contributed by atoms with Crippen molar-refractivity contribution in [2.75, 3.05) is 0 Å². The maximum Gasteiger partial charge on any atom is 0.336 e. The van der Waals surface area contributed by atoms with Gasteiger partial charge in [0.2, 0.25) is 5.82 Å². The highest BCUT2D eigenvalue weighted by molar-refractivity contribution is 7.27. The third kappa shape index (κ3) is 1.70. The molecule has 1 aromatic carbocycles. The third-order valence-corrected chi connectivity index (χ3v) is 2.15. The van der Waals surface area contributed by atoms with Crippen LogP contribution in [0, 0.1) is 15.9 Å². The van der Waals surface area contributed by atoms with E-state index in [4.69, 9.17) is 5.11 Å². The summed E-state index contributed by atoms with van der Waals surface area (Å²) in [5.41, 5.74) is -1.04. The Morgan fingerprint density at radius 1 is 1.57 bits per heavy atom.